The Morgan fingerprint density at radius 1 is 1.18 bits per heavy atom. The molecule has 0 aromatic carbocycles. The molecule has 0 atom stereocenters. The summed E-state index contributed by atoms with van der Waals surface area (Å²) in [6.07, 6.45) is 7.93. The Labute approximate surface area is 67.5 Å². The molecule has 2 aliphatic rings. The van der Waals surface area contributed by atoms with Crippen LogP contribution >= 0.6 is 0 Å². The lowest BCUT2D eigenvalue weighted by Gasteiger charge is -1.93. The van der Waals surface area contributed by atoms with Crippen molar-refractivity contribution < 1.29 is 0 Å². The van der Waals surface area contributed by atoms with E-state index in [0.29, 0.717) is 0 Å². The van der Waals surface area contributed by atoms with Crippen LogP contribution in [-0.2, 0) is 0 Å². The van der Waals surface area contributed by atoms with Crippen molar-refractivity contribution in [3.63, 3.8) is 0 Å². The van der Waals surface area contributed by atoms with Gasteiger partial charge in [0.25, 0.3) is 0 Å². The lowest BCUT2D eigenvalue weighted by Crippen LogP contribution is -2.05. The Hall–Kier alpha value is -0.820. The highest BCUT2D eigenvalue weighted by Crippen LogP contribution is 2.20. The van der Waals surface area contributed by atoms with Gasteiger partial charge < -0.3 is 5.32 Å². The molecule has 2 rings (SSSR count). The predicted octanol–water partition coefficient (Wildman–Crippen LogP) is 1.79. The van der Waals surface area contributed by atoms with E-state index >= 15 is 0 Å². The molecule has 11 heavy (non-hydrogen) atoms. The highest BCUT2D eigenvalue weighted by Gasteiger charge is 2.12. The highest BCUT2D eigenvalue weighted by atomic mass is 14.9. The second-order valence-corrected chi connectivity index (χ2v) is 3.24. The molecule has 58 valence electrons. The average molecular weight is 147 g/mol. The minimum Gasteiger partial charge on any atom is -0.309 e. The van der Waals surface area contributed by atoms with Crippen LogP contribution in [0.25, 0.3) is 0 Å². The van der Waals surface area contributed by atoms with E-state index < -0.39 is 0 Å². The summed E-state index contributed by atoms with van der Waals surface area (Å²) in [5.41, 5.74) is 4.43. The fourth-order valence-corrected chi connectivity index (χ4v) is 1.52. The third-order valence-electron chi connectivity index (χ3n) is 2.28. The van der Waals surface area contributed by atoms with E-state index in [4.69, 9.17) is 0 Å². The smallest absolute Gasteiger partial charge is 0.0211 e. The van der Waals surface area contributed by atoms with Gasteiger partial charge in [-0.05, 0) is 24.5 Å². The first kappa shape index (κ1) is 6.86. The maximum absolute atomic E-state index is 3.34. The molecular formula is C10H13N. The summed E-state index contributed by atoms with van der Waals surface area (Å²) in [4.78, 5) is 0. The van der Waals surface area contributed by atoms with E-state index in [0.717, 1.165) is 19.5 Å². The lowest BCUT2D eigenvalue weighted by atomic mass is 10.1. The molecule has 1 saturated heterocycles. The fourth-order valence-electron chi connectivity index (χ4n) is 1.52. The molecular weight excluding hydrogens is 134 g/mol. The van der Waals surface area contributed by atoms with Crippen LogP contribution in [0.15, 0.2) is 34.9 Å². The molecule has 0 aromatic rings. The first-order chi connectivity index (χ1) is 5.36. The van der Waals surface area contributed by atoms with E-state index in [9.17, 15) is 0 Å². The minimum atomic E-state index is 1.05. The first-order valence-corrected chi connectivity index (χ1v) is 4.13. The van der Waals surface area contributed by atoms with Gasteiger partial charge in [0, 0.05) is 13.1 Å². The molecule has 1 aliphatic carbocycles. The summed E-state index contributed by atoms with van der Waals surface area (Å²) >= 11 is 0. The number of nitrogens with one attached hydrogen (secondary N) is 1. The monoisotopic (exact) mass is 147 g/mol. The van der Waals surface area contributed by atoms with Crippen molar-refractivity contribution >= 4 is 0 Å². The number of rotatable bonds is 0. The van der Waals surface area contributed by atoms with Gasteiger partial charge in [0.1, 0.15) is 0 Å². The van der Waals surface area contributed by atoms with Crippen LogP contribution < -0.4 is 5.32 Å². The zero-order valence-electron chi connectivity index (χ0n) is 6.85. The Morgan fingerprint density at radius 2 is 2.00 bits per heavy atom. The Bertz CT molecular complexity index is 256. The highest BCUT2D eigenvalue weighted by molar-refractivity contribution is 5.42. The maximum Gasteiger partial charge on any atom is 0.0211 e. The summed E-state index contributed by atoms with van der Waals surface area (Å²) in [7, 11) is 0. The number of hydrogen-bond donors (Lipinski definition) is 1. The quantitative estimate of drug-likeness (QED) is 0.551. The topological polar surface area (TPSA) is 12.0 Å². The van der Waals surface area contributed by atoms with E-state index in [1.165, 1.54) is 16.7 Å². The van der Waals surface area contributed by atoms with Gasteiger partial charge in [0.2, 0.25) is 0 Å². The zero-order valence-corrected chi connectivity index (χ0v) is 6.85. The molecule has 1 nitrogen and oxygen atoms in total. The first-order valence-electron chi connectivity index (χ1n) is 4.13. The second-order valence-electron chi connectivity index (χ2n) is 3.24. The summed E-state index contributed by atoms with van der Waals surface area (Å²) < 4.78 is 0. The van der Waals surface area contributed by atoms with Gasteiger partial charge in [-0.1, -0.05) is 23.8 Å². The predicted molar refractivity (Wildman–Crippen MR) is 47.4 cm³/mol. The largest absolute Gasteiger partial charge is 0.309 e. The summed E-state index contributed by atoms with van der Waals surface area (Å²) in [6, 6.07) is 0. The molecule has 0 aromatic heterocycles. The summed E-state index contributed by atoms with van der Waals surface area (Å²) in [5.74, 6) is 0. The molecule has 0 bridgehead atoms. The molecule has 0 saturated carbocycles. The number of fused-ring (bicyclic) bond motifs is 1. The van der Waals surface area contributed by atoms with Crippen molar-refractivity contribution in [1.82, 2.24) is 5.32 Å². The van der Waals surface area contributed by atoms with Gasteiger partial charge in [-0.2, -0.15) is 0 Å². The van der Waals surface area contributed by atoms with Gasteiger partial charge in [-0.15, -0.1) is 0 Å². The van der Waals surface area contributed by atoms with Crippen molar-refractivity contribution in [2.75, 3.05) is 13.1 Å². The number of allylic oxidation sites excluding steroid dienone is 4. The fraction of sp³-hybridized carbons (Fsp3) is 0.400. The maximum atomic E-state index is 3.34. The van der Waals surface area contributed by atoms with Crippen LogP contribution in [0.1, 0.15) is 13.3 Å². The van der Waals surface area contributed by atoms with Crippen molar-refractivity contribution in [3.8, 4) is 0 Å². The summed E-state index contributed by atoms with van der Waals surface area (Å²) in [5, 5.41) is 3.34. The van der Waals surface area contributed by atoms with E-state index in [1.807, 2.05) is 0 Å². The second kappa shape index (κ2) is 2.67. The molecule has 1 fully saturated rings. The van der Waals surface area contributed by atoms with E-state index in [2.05, 4.69) is 30.5 Å². The van der Waals surface area contributed by atoms with E-state index in [1.54, 1.807) is 0 Å². The molecule has 0 amide bonds. The Balaban J connectivity index is 2.33. The average Bonchev–Trinajstić information content (AvgIpc) is 2.38. The normalized spacial score (nSPS) is 23.2. The van der Waals surface area contributed by atoms with Crippen molar-refractivity contribution in [1.29, 1.82) is 0 Å². The van der Waals surface area contributed by atoms with Crippen LogP contribution in [0.2, 0.25) is 0 Å². The van der Waals surface area contributed by atoms with Gasteiger partial charge in [0.05, 0.1) is 0 Å². The van der Waals surface area contributed by atoms with Crippen LogP contribution in [0.4, 0.5) is 0 Å². The Morgan fingerprint density at radius 3 is 2.91 bits per heavy atom. The SMILES string of the molecule is CC1=CC=C2CNCC2=CC1. The van der Waals surface area contributed by atoms with Crippen molar-refractivity contribution in [3.05, 3.63) is 34.9 Å². The van der Waals surface area contributed by atoms with Gasteiger partial charge in [0.15, 0.2) is 0 Å². The zero-order chi connectivity index (χ0) is 7.68. The van der Waals surface area contributed by atoms with Crippen molar-refractivity contribution in [2.24, 2.45) is 0 Å². The van der Waals surface area contributed by atoms with Crippen molar-refractivity contribution in [2.45, 2.75) is 13.3 Å². The summed E-state index contributed by atoms with van der Waals surface area (Å²) in [6.45, 7) is 4.30. The molecule has 1 heterocycles. The van der Waals surface area contributed by atoms with Gasteiger partial charge >= 0.3 is 0 Å². The van der Waals surface area contributed by atoms with Crippen LogP contribution in [-0.4, -0.2) is 13.1 Å². The standard InChI is InChI=1S/C10H13N/c1-8-2-4-9-6-11-7-10(9)5-3-8/h2,4-5,11H,3,6-7H2,1H3. The number of hydrogen-bond acceptors (Lipinski definition) is 1. The third-order valence-corrected chi connectivity index (χ3v) is 2.28. The van der Waals surface area contributed by atoms with Crippen LogP contribution in [0.5, 0.6) is 0 Å². The molecule has 1 aliphatic heterocycles. The van der Waals surface area contributed by atoms with Crippen LogP contribution in [0, 0.1) is 0 Å². The minimum absolute atomic E-state index is 1.05. The Kier molecular flexibility index (Phi) is 1.66. The molecule has 0 unspecified atom stereocenters. The molecule has 1 N–H and O–H groups in total. The molecule has 0 spiro atoms. The van der Waals surface area contributed by atoms with Gasteiger partial charge in [-0.3, -0.25) is 0 Å². The molecule has 1 heteroatoms. The van der Waals surface area contributed by atoms with E-state index in [-0.39, 0.29) is 0 Å². The van der Waals surface area contributed by atoms with Crippen LogP contribution in [0.3, 0.4) is 0 Å². The third kappa shape index (κ3) is 1.29. The molecule has 0 radical (unpaired) electrons. The van der Waals surface area contributed by atoms with Gasteiger partial charge in [-0.25, -0.2) is 0 Å². The lowest BCUT2D eigenvalue weighted by molar-refractivity contribution is 0.893.